The summed E-state index contributed by atoms with van der Waals surface area (Å²) < 4.78 is 16.6. The van der Waals surface area contributed by atoms with Crippen LogP contribution >= 0.6 is 0 Å². The van der Waals surface area contributed by atoms with Crippen molar-refractivity contribution in [2.75, 3.05) is 6.61 Å². The lowest BCUT2D eigenvalue weighted by molar-refractivity contribution is 0.0730. The molecule has 0 fully saturated rings. The summed E-state index contributed by atoms with van der Waals surface area (Å²) in [6, 6.07) is 19.3. The van der Waals surface area contributed by atoms with E-state index in [0.29, 0.717) is 29.8 Å². The van der Waals surface area contributed by atoms with Crippen molar-refractivity contribution in [3.05, 3.63) is 89.5 Å². The van der Waals surface area contributed by atoms with Gasteiger partial charge in [0.05, 0.1) is 17.7 Å². The largest absolute Gasteiger partial charge is 0.494 e. The van der Waals surface area contributed by atoms with Crippen LogP contribution in [0.5, 0.6) is 17.2 Å². The van der Waals surface area contributed by atoms with Crippen LogP contribution in [-0.2, 0) is 0 Å². The molecule has 0 aliphatic heterocycles. The van der Waals surface area contributed by atoms with Gasteiger partial charge in [-0.15, -0.1) is 0 Å². The highest BCUT2D eigenvalue weighted by Crippen LogP contribution is 2.19. The molecule has 0 spiro atoms. The van der Waals surface area contributed by atoms with Crippen LogP contribution in [0.4, 0.5) is 0 Å². The third kappa shape index (κ3) is 12.0. The first kappa shape index (κ1) is 31.6. The Balaban J connectivity index is 1.30. The van der Waals surface area contributed by atoms with Crippen LogP contribution in [0.25, 0.3) is 0 Å². The summed E-state index contributed by atoms with van der Waals surface area (Å²) in [6.45, 7) is 2.92. The van der Waals surface area contributed by atoms with E-state index in [1.54, 1.807) is 42.5 Å². The van der Waals surface area contributed by atoms with E-state index in [0.717, 1.165) is 12.2 Å². The van der Waals surface area contributed by atoms with Gasteiger partial charge >= 0.3 is 11.9 Å². The molecule has 0 bridgehead atoms. The van der Waals surface area contributed by atoms with Crippen molar-refractivity contribution >= 4 is 18.2 Å². The van der Waals surface area contributed by atoms with E-state index in [2.05, 4.69) is 6.92 Å². The van der Waals surface area contributed by atoms with Crippen molar-refractivity contribution in [3.63, 3.8) is 0 Å². The predicted octanol–water partition coefficient (Wildman–Crippen LogP) is 9.02. The average Bonchev–Trinajstić information content (AvgIpc) is 3.00. The van der Waals surface area contributed by atoms with Crippen molar-refractivity contribution in [2.24, 2.45) is 0 Å². The first-order chi connectivity index (χ1) is 20.1. The second-order valence-corrected chi connectivity index (χ2v) is 10.3. The van der Waals surface area contributed by atoms with E-state index >= 15 is 0 Å². The topological polar surface area (TPSA) is 78.9 Å². The molecule has 3 aromatic carbocycles. The van der Waals surface area contributed by atoms with Crippen molar-refractivity contribution in [1.82, 2.24) is 0 Å². The number of aldehydes is 1. The van der Waals surface area contributed by atoms with Gasteiger partial charge in [0, 0.05) is 5.56 Å². The fourth-order valence-electron chi connectivity index (χ4n) is 4.46. The zero-order chi connectivity index (χ0) is 29.1. The highest BCUT2D eigenvalue weighted by molar-refractivity contribution is 5.93. The molecule has 0 aliphatic carbocycles. The monoisotopic (exact) mass is 558 g/mol. The summed E-state index contributed by atoms with van der Waals surface area (Å²) in [6.07, 6.45) is 16.4. The summed E-state index contributed by atoms with van der Waals surface area (Å²) in [4.78, 5) is 35.8. The van der Waals surface area contributed by atoms with Crippen LogP contribution in [0.1, 0.15) is 115 Å². The molecular weight excluding hydrogens is 516 g/mol. The van der Waals surface area contributed by atoms with Gasteiger partial charge in [-0.3, -0.25) is 4.79 Å². The molecule has 3 aromatic rings. The molecule has 41 heavy (non-hydrogen) atoms. The molecular formula is C35H42O6. The zero-order valence-corrected chi connectivity index (χ0v) is 24.1. The third-order valence-electron chi connectivity index (χ3n) is 6.86. The van der Waals surface area contributed by atoms with Crippen LogP contribution < -0.4 is 14.2 Å². The number of hydrogen-bond donors (Lipinski definition) is 0. The molecule has 0 heterocycles. The molecule has 6 heteroatoms. The second kappa shape index (κ2) is 18.4. The van der Waals surface area contributed by atoms with E-state index in [9.17, 15) is 14.4 Å². The van der Waals surface area contributed by atoms with Crippen LogP contribution in [0.2, 0.25) is 0 Å². The quantitative estimate of drug-likeness (QED) is 0.0632. The van der Waals surface area contributed by atoms with Crippen molar-refractivity contribution < 1.29 is 28.6 Å². The number of hydrogen-bond acceptors (Lipinski definition) is 6. The maximum atomic E-state index is 12.5. The Kier molecular flexibility index (Phi) is 14.2. The Bertz CT molecular complexity index is 1200. The van der Waals surface area contributed by atoms with Crippen molar-refractivity contribution in [3.8, 4) is 17.2 Å². The Morgan fingerprint density at radius 2 is 1.07 bits per heavy atom. The lowest BCUT2D eigenvalue weighted by Gasteiger charge is -2.08. The summed E-state index contributed by atoms with van der Waals surface area (Å²) >= 11 is 0. The molecule has 0 aliphatic rings. The molecule has 0 aromatic heterocycles. The SMILES string of the molecule is CCCCCCCCCCCCCCOc1ccc(C(=O)Oc2ccc(C(=O)Oc3cccc(C=O)c3)cc2)cc1. The maximum absolute atomic E-state index is 12.5. The summed E-state index contributed by atoms with van der Waals surface area (Å²) in [5, 5.41) is 0. The Morgan fingerprint density at radius 1 is 0.585 bits per heavy atom. The van der Waals surface area contributed by atoms with E-state index in [4.69, 9.17) is 14.2 Å². The number of rotatable bonds is 19. The Hall–Kier alpha value is -3.93. The summed E-state index contributed by atoms with van der Waals surface area (Å²) in [7, 11) is 0. The standard InChI is InChI=1S/C35H42O6/c1-2-3-4-5-6-7-8-9-10-11-12-13-25-39-31-21-17-29(18-22-31)34(37)40-32-23-19-30(20-24-32)35(38)41-33-16-14-15-28(26-33)27-36/h14-24,26-27H,2-13,25H2,1H3. The van der Waals surface area contributed by atoms with Gasteiger partial charge in [0.25, 0.3) is 0 Å². The van der Waals surface area contributed by atoms with E-state index in [1.807, 2.05) is 0 Å². The van der Waals surface area contributed by atoms with Gasteiger partial charge in [-0.25, -0.2) is 9.59 Å². The second-order valence-electron chi connectivity index (χ2n) is 10.3. The van der Waals surface area contributed by atoms with Gasteiger partial charge in [-0.1, -0.05) is 89.7 Å². The molecule has 0 saturated heterocycles. The minimum atomic E-state index is -0.579. The molecule has 0 radical (unpaired) electrons. The predicted molar refractivity (Wildman–Crippen MR) is 161 cm³/mol. The van der Waals surface area contributed by atoms with Crippen molar-refractivity contribution in [1.29, 1.82) is 0 Å². The third-order valence-corrected chi connectivity index (χ3v) is 6.86. The van der Waals surface area contributed by atoms with Crippen LogP contribution in [-0.4, -0.2) is 24.8 Å². The highest BCUT2D eigenvalue weighted by Gasteiger charge is 2.12. The minimum Gasteiger partial charge on any atom is -0.494 e. The molecule has 0 N–H and O–H groups in total. The van der Waals surface area contributed by atoms with Gasteiger partial charge in [-0.05, 0) is 67.1 Å². The van der Waals surface area contributed by atoms with Gasteiger partial charge in [0.2, 0.25) is 0 Å². The lowest BCUT2D eigenvalue weighted by Crippen LogP contribution is -2.10. The molecule has 0 unspecified atom stereocenters. The zero-order valence-electron chi connectivity index (χ0n) is 24.1. The number of esters is 2. The molecule has 218 valence electrons. The van der Waals surface area contributed by atoms with Gasteiger partial charge in [0.15, 0.2) is 0 Å². The smallest absolute Gasteiger partial charge is 0.343 e. The number of ether oxygens (including phenoxy) is 3. The molecule has 0 saturated carbocycles. The number of carbonyl (C=O) groups is 3. The number of carbonyl (C=O) groups excluding carboxylic acids is 3. The molecule has 3 rings (SSSR count). The Morgan fingerprint density at radius 3 is 1.61 bits per heavy atom. The van der Waals surface area contributed by atoms with E-state index < -0.39 is 11.9 Å². The van der Waals surface area contributed by atoms with Crippen LogP contribution in [0, 0.1) is 0 Å². The molecule has 0 amide bonds. The van der Waals surface area contributed by atoms with Crippen LogP contribution in [0.15, 0.2) is 72.8 Å². The molecule has 0 atom stereocenters. The first-order valence-corrected chi connectivity index (χ1v) is 14.9. The van der Waals surface area contributed by atoms with E-state index in [-0.39, 0.29) is 11.3 Å². The van der Waals surface area contributed by atoms with Gasteiger partial charge < -0.3 is 14.2 Å². The molecule has 6 nitrogen and oxygen atoms in total. The van der Waals surface area contributed by atoms with Gasteiger partial charge in [-0.2, -0.15) is 0 Å². The summed E-state index contributed by atoms with van der Waals surface area (Å²) in [5.41, 5.74) is 1.11. The highest BCUT2D eigenvalue weighted by atomic mass is 16.5. The van der Waals surface area contributed by atoms with Crippen LogP contribution in [0.3, 0.4) is 0 Å². The van der Waals surface area contributed by atoms with Gasteiger partial charge in [0.1, 0.15) is 23.5 Å². The average molecular weight is 559 g/mol. The van der Waals surface area contributed by atoms with E-state index in [1.165, 1.54) is 101 Å². The minimum absolute atomic E-state index is 0.275. The Labute approximate surface area is 244 Å². The number of unbranched alkanes of at least 4 members (excludes halogenated alkanes) is 11. The maximum Gasteiger partial charge on any atom is 0.343 e. The fraction of sp³-hybridized carbons (Fsp3) is 0.400. The fourth-order valence-corrected chi connectivity index (χ4v) is 4.46. The lowest BCUT2D eigenvalue weighted by atomic mass is 10.1. The summed E-state index contributed by atoms with van der Waals surface area (Å²) in [5.74, 6) is 0.230. The normalized spacial score (nSPS) is 10.7. The number of benzene rings is 3. The first-order valence-electron chi connectivity index (χ1n) is 14.9. The van der Waals surface area contributed by atoms with Crippen molar-refractivity contribution in [2.45, 2.75) is 84.0 Å².